The minimum absolute atomic E-state index is 0.711. The van der Waals surface area contributed by atoms with Gasteiger partial charge in [0.25, 0.3) is 0 Å². The Morgan fingerprint density at radius 3 is 2.56 bits per heavy atom. The highest BCUT2D eigenvalue weighted by molar-refractivity contribution is 5.49. The first kappa shape index (κ1) is 9.94. The van der Waals surface area contributed by atoms with Gasteiger partial charge in [-0.3, -0.25) is 0 Å². The van der Waals surface area contributed by atoms with E-state index in [1.54, 1.807) is 0 Å². The van der Waals surface area contributed by atoms with E-state index in [2.05, 4.69) is 27.3 Å². The molecule has 1 saturated carbocycles. The summed E-state index contributed by atoms with van der Waals surface area (Å²) in [5.74, 6) is 1.14. The van der Waals surface area contributed by atoms with Crippen LogP contribution >= 0.6 is 0 Å². The van der Waals surface area contributed by atoms with Crippen LogP contribution in [0.25, 0.3) is 0 Å². The molecule has 0 bridgehead atoms. The zero-order valence-electron chi connectivity index (χ0n) is 9.65. The van der Waals surface area contributed by atoms with E-state index < -0.39 is 0 Å². The molecule has 0 radical (unpaired) electrons. The molecule has 1 aromatic heterocycles. The lowest BCUT2D eigenvalue weighted by molar-refractivity contribution is 0.573. The molecule has 0 unspecified atom stereocenters. The summed E-state index contributed by atoms with van der Waals surface area (Å²) in [6, 6.07) is 5.02. The maximum atomic E-state index is 4.55. The van der Waals surface area contributed by atoms with E-state index in [9.17, 15) is 0 Å². The van der Waals surface area contributed by atoms with Crippen molar-refractivity contribution in [1.29, 1.82) is 0 Å². The Morgan fingerprint density at radius 1 is 1.12 bits per heavy atom. The third-order valence-electron chi connectivity index (χ3n) is 3.38. The molecule has 86 valence electrons. The smallest absolute Gasteiger partial charge is 0.128 e. The van der Waals surface area contributed by atoms with Crippen molar-refractivity contribution >= 4 is 11.5 Å². The number of rotatable bonds is 3. The van der Waals surface area contributed by atoms with Gasteiger partial charge in [-0.2, -0.15) is 0 Å². The zero-order valence-corrected chi connectivity index (χ0v) is 9.65. The third kappa shape index (κ3) is 2.29. The first-order valence-electron chi connectivity index (χ1n) is 6.39. The summed E-state index contributed by atoms with van der Waals surface area (Å²) in [7, 11) is 0. The van der Waals surface area contributed by atoms with Gasteiger partial charge < -0.3 is 10.2 Å². The summed E-state index contributed by atoms with van der Waals surface area (Å²) in [5, 5.41) is 3.46. The van der Waals surface area contributed by atoms with Crippen LogP contribution in [0.4, 0.5) is 11.5 Å². The van der Waals surface area contributed by atoms with Crippen LogP contribution in [0.2, 0.25) is 0 Å². The average Bonchev–Trinajstić information content (AvgIpc) is 3.15. The van der Waals surface area contributed by atoms with Crippen LogP contribution in [-0.4, -0.2) is 24.1 Å². The molecular formula is C13H19N3. The highest BCUT2D eigenvalue weighted by Crippen LogP contribution is 2.25. The largest absolute Gasteiger partial charge is 0.381 e. The molecule has 3 heteroatoms. The lowest BCUT2D eigenvalue weighted by atomic mass is 10.1. The van der Waals surface area contributed by atoms with Crippen LogP contribution < -0.4 is 10.2 Å². The van der Waals surface area contributed by atoms with E-state index in [4.69, 9.17) is 0 Å². The molecule has 2 aliphatic rings. The molecule has 1 aromatic rings. The predicted octanol–water partition coefficient (Wildman–Crippen LogP) is 2.65. The predicted molar refractivity (Wildman–Crippen MR) is 66.9 cm³/mol. The van der Waals surface area contributed by atoms with Crippen LogP contribution in [0.15, 0.2) is 18.3 Å². The topological polar surface area (TPSA) is 28.2 Å². The van der Waals surface area contributed by atoms with Crippen molar-refractivity contribution in [1.82, 2.24) is 4.98 Å². The Bertz CT molecular complexity index is 337. The lowest BCUT2D eigenvalue weighted by Gasteiger charge is -2.27. The fraction of sp³-hybridized carbons (Fsp3) is 0.615. The Kier molecular flexibility index (Phi) is 2.68. The minimum atomic E-state index is 0.711. The Morgan fingerprint density at radius 2 is 1.94 bits per heavy atom. The van der Waals surface area contributed by atoms with Crippen molar-refractivity contribution in [2.45, 2.75) is 38.1 Å². The first-order chi connectivity index (χ1) is 7.92. The van der Waals surface area contributed by atoms with Crippen molar-refractivity contribution in [2.24, 2.45) is 0 Å². The van der Waals surface area contributed by atoms with Gasteiger partial charge in [0.05, 0.1) is 11.9 Å². The van der Waals surface area contributed by atoms with Crippen LogP contribution in [0, 0.1) is 0 Å². The highest BCUT2D eigenvalue weighted by atomic mass is 15.2. The fourth-order valence-corrected chi connectivity index (χ4v) is 2.24. The molecule has 1 saturated heterocycles. The number of hydrogen-bond donors (Lipinski definition) is 1. The number of aromatic nitrogens is 1. The van der Waals surface area contributed by atoms with Crippen LogP contribution in [0.3, 0.4) is 0 Å². The second-order valence-electron chi connectivity index (χ2n) is 4.87. The second kappa shape index (κ2) is 4.32. The molecule has 2 fully saturated rings. The number of anilines is 2. The van der Waals surface area contributed by atoms with Crippen molar-refractivity contribution in [2.75, 3.05) is 23.3 Å². The van der Waals surface area contributed by atoms with Gasteiger partial charge in [-0.25, -0.2) is 4.98 Å². The first-order valence-corrected chi connectivity index (χ1v) is 6.39. The lowest BCUT2D eigenvalue weighted by Crippen LogP contribution is -2.30. The van der Waals surface area contributed by atoms with Crippen molar-refractivity contribution in [3.8, 4) is 0 Å². The number of piperidine rings is 1. The highest BCUT2D eigenvalue weighted by Gasteiger charge is 2.20. The van der Waals surface area contributed by atoms with E-state index in [0.717, 1.165) is 5.82 Å². The number of hydrogen-bond acceptors (Lipinski definition) is 3. The fourth-order valence-electron chi connectivity index (χ4n) is 2.24. The van der Waals surface area contributed by atoms with Gasteiger partial charge in [-0.15, -0.1) is 0 Å². The summed E-state index contributed by atoms with van der Waals surface area (Å²) in [6.45, 7) is 2.34. The molecule has 0 amide bonds. The van der Waals surface area contributed by atoms with Gasteiger partial charge in [0, 0.05) is 19.1 Å². The molecule has 2 heterocycles. The van der Waals surface area contributed by atoms with E-state index in [1.807, 2.05) is 6.20 Å². The Hall–Kier alpha value is -1.25. The normalized spacial score (nSPS) is 20.9. The Labute approximate surface area is 96.9 Å². The summed E-state index contributed by atoms with van der Waals surface area (Å²) in [5.41, 5.74) is 1.17. The molecule has 0 atom stereocenters. The molecular weight excluding hydrogens is 198 g/mol. The molecule has 0 spiro atoms. The van der Waals surface area contributed by atoms with E-state index in [1.165, 1.54) is 50.9 Å². The van der Waals surface area contributed by atoms with Gasteiger partial charge in [0.15, 0.2) is 0 Å². The maximum Gasteiger partial charge on any atom is 0.128 e. The van der Waals surface area contributed by atoms with Crippen LogP contribution in [-0.2, 0) is 0 Å². The molecule has 1 N–H and O–H groups in total. The van der Waals surface area contributed by atoms with E-state index in [-0.39, 0.29) is 0 Å². The SMILES string of the molecule is c1cc(N2CCCCC2)ncc1NC1CC1. The third-order valence-corrected chi connectivity index (χ3v) is 3.38. The zero-order chi connectivity index (χ0) is 10.8. The number of pyridine rings is 1. The van der Waals surface area contributed by atoms with Gasteiger partial charge in [0.1, 0.15) is 5.82 Å². The summed E-state index contributed by atoms with van der Waals surface area (Å²) < 4.78 is 0. The summed E-state index contributed by atoms with van der Waals surface area (Å²) in [6.07, 6.45) is 8.59. The molecule has 0 aromatic carbocycles. The van der Waals surface area contributed by atoms with Crippen LogP contribution in [0.1, 0.15) is 32.1 Å². The number of nitrogens with one attached hydrogen (secondary N) is 1. The minimum Gasteiger partial charge on any atom is -0.381 e. The summed E-state index contributed by atoms with van der Waals surface area (Å²) >= 11 is 0. The molecule has 1 aliphatic heterocycles. The Balaban J connectivity index is 1.65. The van der Waals surface area contributed by atoms with Crippen molar-refractivity contribution in [3.05, 3.63) is 18.3 Å². The second-order valence-corrected chi connectivity index (χ2v) is 4.87. The quantitative estimate of drug-likeness (QED) is 0.843. The van der Waals surface area contributed by atoms with E-state index >= 15 is 0 Å². The maximum absolute atomic E-state index is 4.55. The molecule has 3 nitrogen and oxygen atoms in total. The monoisotopic (exact) mass is 217 g/mol. The molecule has 16 heavy (non-hydrogen) atoms. The average molecular weight is 217 g/mol. The van der Waals surface area contributed by atoms with Gasteiger partial charge in [-0.05, 0) is 44.2 Å². The molecule has 1 aliphatic carbocycles. The summed E-state index contributed by atoms with van der Waals surface area (Å²) in [4.78, 5) is 6.94. The van der Waals surface area contributed by atoms with Gasteiger partial charge in [0.2, 0.25) is 0 Å². The van der Waals surface area contributed by atoms with Crippen LogP contribution in [0.5, 0.6) is 0 Å². The van der Waals surface area contributed by atoms with E-state index in [0.29, 0.717) is 6.04 Å². The number of nitrogens with zero attached hydrogens (tertiary/aromatic N) is 2. The molecule has 3 rings (SSSR count). The van der Waals surface area contributed by atoms with Crippen molar-refractivity contribution < 1.29 is 0 Å². The van der Waals surface area contributed by atoms with Gasteiger partial charge in [-0.1, -0.05) is 0 Å². The van der Waals surface area contributed by atoms with Crippen molar-refractivity contribution in [3.63, 3.8) is 0 Å². The van der Waals surface area contributed by atoms with Gasteiger partial charge >= 0.3 is 0 Å². The standard InChI is InChI=1S/C13H19N3/c1-2-8-16(9-3-1)13-7-6-12(10-14-13)15-11-4-5-11/h6-7,10-11,15H,1-5,8-9H2.